The molecule has 0 aliphatic carbocycles. The van der Waals surface area contributed by atoms with E-state index in [0.717, 1.165) is 11.3 Å². The predicted molar refractivity (Wildman–Crippen MR) is 98.5 cm³/mol. The van der Waals surface area contributed by atoms with E-state index in [-0.39, 0.29) is 11.5 Å². The van der Waals surface area contributed by atoms with Gasteiger partial charge in [-0.1, -0.05) is 29.8 Å². The third kappa shape index (κ3) is 4.69. The van der Waals surface area contributed by atoms with Crippen LogP contribution in [0, 0.1) is 6.92 Å². The Balaban J connectivity index is 1.55. The van der Waals surface area contributed by atoms with E-state index >= 15 is 0 Å². The summed E-state index contributed by atoms with van der Waals surface area (Å²) in [6.07, 6.45) is 2.43. The monoisotopic (exact) mass is 351 g/mol. The van der Waals surface area contributed by atoms with Gasteiger partial charge in [0.2, 0.25) is 5.91 Å². The van der Waals surface area contributed by atoms with Crippen molar-refractivity contribution in [2.45, 2.75) is 32.9 Å². The number of rotatable bonds is 7. The summed E-state index contributed by atoms with van der Waals surface area (Å²) in [5.41, 5.74) is 2.70. The minimum Gasteiger partial charge on any atom is -0.467 e. The van der Waals surface area contributed by atoms with Gasteiger partial charge in [-0.05, 0) is 31.5 Å². The van der Waals surface area contributed by atoms with Crippen molar-refractivity contribution in [3.63, 3.8) is 0 Å². The van der Waals surface area contributed by atoms with E-state index in [1.807, 2.05) is 31.2 Å². The molecule has 1 N–H and O–H groups in total. The summed E-state index contributed by atoms with van der Waals surface area (Å²) in [6, 6.07) is 14.8. The van der Waals surface area contributed by atoms with Gasteiger partial charge in [0.25, 0.3) is 5.56 Å². The molecule has 0 bridgehead atoms. The number of nitrogens with one attached hydrogen (secondary N) is 1. The molecule has 6 heteroatoms. The van der Waals surface area contributed by atoms with Crippen molar-refractivity contribution in [3.05, 3.63) is 76.5 Å². The number of hydrogen-bond donors (Lipinski definition) is 1. The summed E-state index contributed by atoms with van der Waals surface area (Å²) in [5, 5.41) is 7.20. The summed E-state index contributed by atoms with van der Waals surface area (Å²) in [4.78, 5) is 23.9. The van der Waals surface area contributed by atoms with Crippen molar-refractivity contribution in [2.24, 2.45) is 0 Å². The number of furan rings is 1. The molecule has 0 radical (unpaired) electrons. The Hall–Kier alpha value is -3.15. The molecular weight excluding hydrogens is 330 g/mol. The fourth-order valence-corrected chi connectivity index (χ4v) is 2.56. The van der Waals surface area contributed by atoms with Crippen LogP contribution in [-0.4, -0.2) is 15.7 Å². The average molecular weight is 351 g/mol. The van der Waals surface area contributed by atoms with Crippen LogP contribution in [0.5, 0.6) is 0 Å². The Bertz CT molecular complexity index is 912. The predicted octanol–water partition coefficient (Wildman–Crippen LogP) is 2.91. The Morgan fingerprint density at radius 1 is 1.15 bits per heavy atom. The van der Waals surface area contributed by atoms with Crippen LogP contribution < -0.4 is 10.9 Å². The van der Waals surface area contributed by atoms with E-state index in [9.17, 15) is 9.59 Å². The lowest BCUT2D eigenvalue weighted by Crippen LogP contribution is -2.25. The molecule has 6 nitrogen and oxygen atoms in total. The smallest absolute Gasteiger partial charge is 0.266 e. The van der Waals surface area contributed by atoms with Crippen LogP contribution in [0.1, 0.15) is 24.2 Å². The Morgan fingerprint density at radius 2 is 1.96 bits per heavy atom. The molecule has 3 aromatic rings. The van der Waals surface area contributed by atoms with Gasteiger partial charge in [0.15, 0.2) is 0 Å². The number of aryl methyl sites for hydroxylation is 2. The molecule has 0 saturated heterocycles. The number of carbonyl (C=O) groups is 1. The van der Waals surface area contributed by atoms with Gasteiger partial charge in [-0.2, -0.15) is 5.10 Å². The third-order valence-electron chi connectivity index (χ3n) is 4.03. The molecule has 1 amide bonds. The van der Waals surface area contributed by atoms with E-state index in [1.54, 1.807) is 24.5 Å². The molecular formula is C20H21N3O3. The molecule has 26 heavy (non-hydrogen) atoms. The lowest BCUT2D eigenvalue weighted by molar-refractivity contribution is -0.121. The molecule has 1 aromatic carbocycles. The lowest BCUT2D eigenvalue weighted by Gasteiger charge is -2.08. The number of aromatic nitrogens is 2. The summed E-state index contributed by atoms with van der Waals surface area (Å²) in [5.74, 6) is 0.631. The molecule has 0 atom stereocenters. The van der Waals surface area contributed by atoms with Gasteiger partial charge in [-0.3, -0.25) is 9.59 Å². The second-order valence-electron chi connectivity index (χ2n) is 6.11. The number of carbonyl (C=O) groups excluding carboxylic acids is 1. The summed E-state index contributed by atoms with van der Waals surface area (Å²) in [6.45, 7) is 2.79. The Morgan fingerprint density at radius 3 is 2.69 bits per heavy atom. The maximum atomic E-state index is 12.0. The number of amides is 1. The highest BCUT2D eigenvalue weighted by Crippen LogP contribution is 2.15. The van der Waals surface area contributed by atoms with Gasteiger partial charge < -0.3 is 9.73 Å². The molecule has 0 saturated carbocycles. The molecule has 3 rings (SSSR count). The fraction of sp³-hybridized carbons (Fsp3) is 0.250. The Labute approximate surface area is 151 Å². The van der Waals surface area contributed by atoms with Gasteiger partial charge in [-0.25, -0.2) is 4.68 Å². The van der Waals surface area contributed by atoms with Crippen molar-refractivity contribution < 1.29 is 9.21 Å². The van der Waals surface area contributed by atoms with Gasteiger partial charge in [0, 0.05) is 24.6 Å². The van der Waals surface area contributed by atoms with Crippen LogP contribution in [0.3, 0.4) is 0 Å². The number of benzene rings is 1. The van der Waals surface area contributed by atoms with Gasteiger partial charge in [0.1, 0.15) is 5.76 Å². The summed E-state index contributed by atoms with van der Waals surface area (Å²) < 4.78 is 6.58. The standard InChI is InChI=1S/C20H21N3O3/c1-15-6-8-16(9-7-15)18-10-11-20(25)23(22-18)12-2-5-19(24)21-14-17-4-3-13-26-17/h3-4,6-11,13H,2,5,12,14H2,1H3,(H,21,24). The van der Waals surface area contributed by atoms with E-state index in [2.05, 4.69) is 10.4 Å². The maximum absolute atomic E-state index is 12.0. The van der Waals surface area contributed by atoms with Crippen LogP contribution in [0.25, 0.3) is 11.3 Å². The van der Waals surface area contributed by atoms with Crippen molar-refractivity contribution in [1.29, 1.82) is 0 Å². The summed E-state index contributed by atoms with van der Waals surface area (Å²) >= 11 is 0. The van der Waals surface area contributed by atoms with Crippen LogP contribution in [0.15, 0.2) is 64.0 Å². The highest BCUT2D eigenvalue weighted by Gasteiger charge is 2.06. The Kier molecular flexibility index (Phi) is 5.63. The highest BCUT2D eigenvalue weighted by atomic mass is 16.3. The van der Waals surface area contributed by atoms with E-state index in [0.29, 0.717) is 31.7 Å². The molecule has 0 aliphatic rings. The molecule has 2 aromatic heterocycles. The van der Waals surface area contributed by atoms with Crippen molar-refractivity contribution in [3.8, 4) is 11.3 Å². The average Bonchev–Trinajstić information content (AvgIpc) is 3.16. The minimum atomic E-state index is -0.170. The molecule has 0 spiro atoms. The maximum Gasteiger partial charge on any atom is 0.266 e. The largest absolute Gasteiger partial charge is 0.467 e. The highest BCUT2D eigenvalue weighted by molar-refractivity contribution is 5.75. The molecule has 0 aliphatic heterocycles. The first-order valence-electron chi connectivity index (χ1n) is 8.56. The van der Waals surface area contributed by atoms with Gasteiger partial charge in [-0.15, -0.1) is 0 Å². The lowest BCUT2D eigenvalue weighted by atomic mass is 10.1. The van der Waals surface area contributed by atoms with Crippen LogP contribution >= 0.6 is 0 Å². The quantitative estimate of drug-likeness (QED) is 0.710. The molecule has 2 heterocycles. The molecule has 134 valence electrons. The number of hydrogen-bond acceptors (Lipinski definition) is 4. The van der Waals surface area contributed by atoms with Crippen molar-refractivity contribution in [2.75, 3.05) is 0 Å². The van der Waals surface area contributed by atoms with E-state index in [1.165, 1.54) is 16.3 Å². The van der Waals surface area contributed by atoms with Gasteiger partial charge in [0.05, 0.1) is 18.5 Å². The van der Waals surface area contributed by atoms with Crippen molar-refractivity contribution in [1.82, 2.24) is 15.1 Å². The van der Waals surface area contributed by atoms with E-state index < -0.39 is 0 Å². The SMILES string of the molecule is Cc1ccc(-c2ccc(=O)n(CCCC(=O)NCc3ccco3)n2)cc1. The van der Waals surface area contributed by atoms with Crippen molar-refractivity contribution >= 4 is 5.91 Å². The summed E-state index contributed by atoms with van der Waals surface area (Å²) in [7, 11) is 0. The third-order valence-corrected chi connectivity index (χ3v) is 4.03. The van der Waals surface area contributed by atoms with E-state index in [4.69, 9.17) is 4.42 Å². The zero-order chi connectivity index (χ0) is 18.4. The topological polar surface area (TPSA) is 77.1 Å². The number of nitrogens with zero attached hydrogens (tertiary/aromatic N) is 2. The zero-order valence-corrected chi connectivity index (χ0v) is 14.6. The minimum absolute atomic E-state index is 0.0795. The van der Waals surface area contributed by atoms with Gasteiger partial charge >= 0.3 is 0 Å². The first-order chi connectivity index (χ1) is 12.6. The second kappa shape index (κ2) is 8.29. The fourth-order valence-electron chi connectivity index (χ4n) is 2.56. The van der Waals surface area contributed by atoms with Crippen LogP contribution in [0.2, 0.25) is 0 Å². The first-order valence-corrected chi connectivity index (χ1v) is 8.56. The van der Waals surface area contributed by atoms with Crippen LogP contribution in [0.4, 0.5) is 0 Å². The second-order valence-corrected chi connectivity index (χ2v) is 6.11. The van der Waals surface area contributed by atoms with Crippen LogP contribution in [-0.2, 0) is 17.9 Å². The normalized spacial score (nSPS) is 10.7. The molecule has 0 unspecified atom stereocenters. The molecule has 0 fully saturated rings. The zero-order valence-electron chi connectivity index (χ0n) is 14.6. The first kappa shape index (κ1) is 17.7.